The molecule has 2 aromatic carbocycles. The highest BCUT2D eigenvalue weighted by molar-refractivity contribution is 5.78. The van der Waals surface area contributed by atoms with Gasteiger partial charge in [-0.2, -0.15) is 0 Å². The third-order valence-electron chi connectivity index (χ3n) is 3.16. The highest BCUT2D eigenvalue weighted by Gasteiger charge is 2.17. The molecule has 108 valence electrons. The number of rotatable bonds is 2. The third-order valence-corrected chi connectivity index (χ3v) is 3.16. The topological polar surface area (TPSA) is 43.8 Å². The monoisotopic (exact) mass is 291 g/mol. The molecular weight excluding hydrogens is 279 g/mol. The summed E-state index contributed by atoms with van der Waals surface area (Å²) in [6, 6.07) is 6.64. The zero-order chi connectivity index (χ0) is 15.1. The fourth-order valence-corrected chi connectivity index (χ4v) is 2.31. The van der Waals surface area contributed by atoms with E-state index in [2.05, 4.69) is 4.98 Å². The molecule has 0 aliphatic rings. The van der Waals surface area contributed by atoms with Crippen LogP contribution in [-0.2, 0) is 0 Å². The van der Waals surface area contributed by atoms with Crippen LogP contribution in [-0.4, -0.2) is 9.55 Å². The lowest BCUT2D eigenvalue weighted by Gasteiger charge is -2.12. The molecule has 21 heavy (non-hydrogen) atoms. The van der Waals surface area contributed by atoms with Crippen molar-refractivity contribution in [1.29, 1.82) is 0 Å². The maximum Gasteiger partial charge on any atom is 0.131 e. The van der Waals surface area contributed by atoms with Gasteiger partial charge in [-0.15, -0.1) is 0 Å². The van der Waals surface area contributed by atoms with E-state index >= 15 is 0 Å². The Morgan fingerprint density at radius 2 is 1.67 bits per heavy atom. The molecule has 3 aromatic rings. The maximum atomic E-state index is 13.5. The van der Waals surface area contributed by atoms with Crippen LogP contribution in [0.3, 0.4) is 0 Å². The Labute approximate surface area is 118 Å². The average molecular weight is 291 g/mol. The van der Waals surface area contributed by atoms with Crippen LogP contribution < -0.4 is 5.73 Å². The number of aromatic nitrogens is 2. The van der Waals surface area contributed by atoms with Gasteiger partial charge >= 0.3 is 0 Å². The first-order valence-corrected chi connectivity index (χ1v) is 6.35. The highest BCUT2D eigenvalue weighted by atomic mass is 19.1. The van der Waals surface area contributed by atoms with Crippen molar-refractivity contribution in [1.82, 2.24) is 9.55 Å². The first-order valence-electron chi connectivity index (χ1n) is 6.35. The zero-order valence-electron chi connectivity index (χ0n) is 11.1. The van der Waals surface area contributed by atoms with Crippen molar-refractivity contribution in [2.75, 3.05) is 0 Å². The minimum Gasteiger partial charge on any atom is -0.322 e. The number of nitrogens with two attached hydrogens (primary N) is 1. The van der Waals surface area contributed by atoms with E-state index in [0.29, 0.717) is 16.9 Å². The molecule has 0 saturated carbocycles. The lowest BCUT2D eigenvalue weighted by molar-refractivity contribution is 0.580. The van der Waals surface area contributed by atoms with Crippen molar-refractivity contribution in [2.24, 2.45) is 5.73 Å². The summed E-state index contributed by atoms with van der Waals surface area (Å²) in [6.07, 6.45) is 0. The van der Waals surface area contributed by atoms with Gasteiger partial charge in [0.25, 0.3) is 0 Å². The Balaban J connectivity index is 2.38. The molecule has 3 nitrogen and oxygen atoms in total. The number of nitrogens with zero attached hydrogens (tertiary/aromatic N) is 2. The minimum atomic E-state index is -0.723. The van der Waals surface area contributed by atoms with E-state index in [9.17, 15) is 13.2 Å². The molecule has 3 rings (SSSR count). The van der Waals surface area contributed by atoms with Gasteiger partial charge in [0, 0.05) is 12.1 Å². The van der Waals surface area contributed by atoms with Gasteiger partial charge in [-0.3, -0.25) is 4.57 Å². The van der Waals surface area contributed by atoms with Crippen LogP contribution >= 0.6 is 0 Å². The van der Waals surface area contributed by atoms with Gasteiger partial charge < -0.3 is 5.73 Å². The van der Waals surface area contributed by atoms with Crippen molar-refractivity contribution < 1.29 is 13.2 Å². The Morgan fingerprint density at radius 1 is 1.00 bits per heavy atom. The molecule has 0 spiro atoms. The summed E-state index contributed by atoms with van der Waals surface area (Å²) in [5.74, 6) is -1.50. The van der Waals surface area contributed by atoms with E-state index in [0.717, 1.165) is 18.2 Å². The van der Waals surface area contributed by atoms with Crippen LogP contribution in [0.2, 0.25) is 0 Å². The molecule has 1 heterocycles. The lowest BCUT2D eigenvalue weighted by atomic mass is 10.2. The molecule has 6 heteroatoms. The molecule has 0 bridgehead atoms. The van der Waals surface area contributed by atoms with Crippen LogP contribution in [0.15, 0.2) is 36.4 Å². The van der Waals surface area contributed by atoms with Crippen molar-refractivity contribution in [2.45, 2.75) is 13.0 Å². The molecular formula is C15H12F3N3. The van der Waals surface area contributed by atoms with Crippen LogP contribution in [0.25, 0.3) is 16.7 Å². The summed E-state index contributed by atoms with van der Waals surface area (Å²) in [6.45, 7) is 1.70. The summed E-state index contributed by atoms with van der Waals surface area (Å²) < 4.78 is 41.9. The Kier molecular flexibility index (Phi) is 3.17. The summed E-state index contributed by atoms with van der Waals surface area (Å²) >= 11 is 0. The number of benzene rings is 2. The third kappa shape index (κ3) is 2.38. The zero-order valence-corrected chi connectivity index (χ0v) is 11.1. The predicted octanol–water partition coefficient (Wildman–Crippen LogP) is 3.46. The molecule has 0 aliphatic carbocycles. The van der Waals surface area contributed by atoms with Crippen molar-refractivity contribution in [3.63, 3.8) is 0 Å². The Hall–Kier alpha value is -2.34. The molecule has 0 amide bonds. The van der Waals surface area contributed by atoms with E-state index in [1.807, 2.05) is 0 Å². The average Bonchev–Trinajstić information content (AvgIpc) is 2.76. The molecule has 0 radical (unpaired) electrons. The molecule has 0 saturated heterocycles. The van der Waals surface area contributed by atoms with Gasteiger partial charge in [0.05, 0.1) is 22.8 Å². The van der Waals surface area contributed by atoms with Crippen molar-refractivity contribution in [3.05, 3.63) is 59.7 Å². The summed E-state index contributed by atoms with van der Waals surface area (Å²) in [4.78, 5) is 4.32. The second-order valence-electron chi connectivity index (χ2n) is 4.85. The standard InChI is InChI=1S/C15H12F3N3/c1-8(19)15-20-13-3-2-9(16)7-14(13)21(15)12-5-10(17)4-11(18)6-12/h2-8H,19H2,1H3. The SMILES string of the molecule is CC(N)c1nc2ccc(F)cc2n1-c1cc(F)cc(F)c1. The van der Waals surface area contributed by atoms with Crippen LogP contribution in [0.4, 0.5) is 13.2 Å². The number of fused-ring (bicyclic) bond motifs is 1. The minimum absolute atomic E-state index is 0.216. The van der Waals surface area contributed by atoms with E-state index in [1.54, 1.807) is 6.92 Å². The Morgan fingerprint density at radius 3 is 2.29 bits per heavy atom. The molecule has 1 atom stereocenters. The van der Waals surface area contributed by atoms with Crippen LogP contribution in [0.5, 0.6) is 0 Å². The Bertz CT molecular complexity index is 804. The van der Waals surface area contributed by atoms with E-state index in [4.69, 9.17) is 5.73 Å². The van der Waals surface area contributed by atoms with Gasteiger partial charge in [-0.05, 0) is 31.2 Å². The second-order valence-corrected chi connectivity index (χ2v) is 4.85. The molecule has 2 N–H and O–H groups in total. The van der Waals surface area contributed by atoms with Gasteiger partial charge in [-0.1, -0.05) is 0 Å². The van der Waals surface area contributed by atoms with Gasteiger partial charge in [0.2, 0.25) is 0 Å². The normalized spacial score (nSPS) is 12.8. The predicted molar refractivity (Wildman–Crippen MR) is 73.5 cm³/mol. The summed E-state index contributed by atoms with van der Waals surface area (Å²) in [5.41, 5.74) is 7.00. The fraction of sp³-hybridized carbons (Fsp3) is 0.133. The smallest absolute Gasteiger partial charge is 0.131 e. The maximum absolute atomic E-state index is 13.5. The lowest BCUT2D eigenvalue weighted by Crippen LogP contribution is -2.12. The first-order chi connectivity index (χ1) is 9.95. The molecule has 0 aliphatic heterocycles. The fourth-order valence-electron chi connectivity index (χ4n) is 2.31. The molecule has 1 aromatic heterocycles. The van der Waals surface area contributed by atoms with Crippen LogP contribution in [0, 0.1) is 17.5 Å². The van der Waals surface area contributed by atoms with Crippen molar-refractivity contribution >= 4 is 11.0 Å². The van der Waals surface area contributed by atoms with Gasteiger partial charge in [0.1, 0.15) is 23.3 Å². The number of hydrogen-bond acceptors (Lipinski definition) is 2. The van der Waals surface area contributed by atoms with E-state index in [1.165, 1.54) is 22.8 Å². The first kappa shape index (κ1) is 13.6. The van der Waals surface area contributed by atoms with Crippen molar-refractivity contribution in [3.8, 4) is 5.69 Å². The quantitative estimate of drug-likeness (QED) is 0.785. The summed E-state index contributed by atoms with van der Waals surface area (Å²) in [5, 5.41) is 0. The number of halogens is 3. The van der Waals surface area contributed by atoms with Gasteiger partial charge in [0.15, 0.2) is 0 Å². The van der Waals surface area contributed by atoms with Crippen LogP contribution in [0.1, 0.15) is 18.8 Å². The highest BCUT2D eigenvalue weighted by Crippen LogP contribution is 2.26. The van der Waals surface area contributed by atoms with E-state index < -0.39 is 23.5 Å². The second kappa shape index (κ2) is 4.89. The number of hydrogen-bond donors (Lipinski definition) is 1. The molecule has 1 unspecified atom stereocenters. The van der Waals surface area contributed by atoms with E-state index in [-0.39, 0.29) is 5.69 Å². The summed E-state index contributed by atoms with van der Waals surface area (Å²) in [7, 11) is 0. The number of imidazole rings is 1. The van der Waals surface area contributed by atoms with Gasteiger partial charge in [-0.25, -0.2) is 18.2 Å². The molecule has 0 fully saturated rings. The largest absolute Gasteiger partial charge is 0.322 e.